The lowest BCUT2D eigenvalue weighted by atomic mass is 9.52. The van der Waals surface area contributed by atoms with Crippen molar-refractivity contribution in [1.82, 2.24) is 0 Å². The number of hydrogen-bond acceptors (Lipinski definition) is 6. The van der Waals surface area contributed by atoms with Crippen LogP contribution in [0.1, 0.15) is 72.1 Å². The first-order valence-electron chi connectivity index (χ1n) is 13.4. The standard InChI is InChI=1S/C29H41NO4S/c1-25(2)17-33-28(34-18-25)13-14-29(35-20-6-4-5-19(30)15-20)23-10-11-26(3)22(7-8-24(26)31)21(23)9-12-27(29,32)16-28/h4-6,10,15,21-22,24,31-32H,7-9,11-14,16-18,30H2,1-3H3/t21-,22-,24-,26-,27+,29-/m0/s1. The average molecular weight is 500 g/mol. The van der Waals surface area contributed by atoms with Gasteiger partial charge in [-0.1, -0.05) is 38.5 Å². The van der Waals surface area contributed by atoms with Crippen molar-refractivity contribution in [3.05, 3.63) is 35.9 Å². The zero-order valence-electron chi connectivity index (χ0n) is 21.4. The van der Waals surface area contributed by atoms with Crippen LogP contribution in [0.15, 0.2) is 40.8 Å². The Morgan fingerprint density at radius 1 is 1.03 bits per heavy atom. The highest BCUT2D eigenvalue weighted by molar-refractivity contribution is 8.01. The molecular formula is C29H41NO4S. The minimum Gasteiger partial charge on any atom is -0.399 e. The van der Waals surface area contributed by atoms with Crippen molar-refractivity contribution in [1.29, 1.82) is 0 Å². The first-order chi connectivity index (χ1) is 16.5. The lowest BCUT2D eigenvalue weighted by Gasteiger charge is -2.63. The summed E-state index contributed by atoms with van der Waals surface area (Å²) >= 11 is 1.80. The van der Waals surface area contributed by atoms with Crippen LogP contribution in [0.25, 0.3) is 0 Å². The van der Waals surface area contributed by atoms with Gasteiger partial charge in [0.05, 0.1) is 29.7 Å². The minimum atomic E-state index is -0.935. The maximum Gasteiger partial charge on any atom is 0.171 e. The van der Waals surface area contributed by atoms with Crippen molar-refractivity contribution in [2.45, 2.75) is 99.3 Å². The highest BCUT2D eigenvalue weighted by atomic mass is 32.2. The Bertz CT molecular complexity index is 1030. The molecule has 0 amide bonds. The Labute approximate surface area is 213 Å². The Morgan fingerprint density at radius 3 is 2.54 bits per heavy atom. The first-order valence-corrected chi connectivity index (χ1v) is 14.3. The van der Waals surface area contributed by atoms with Crippen molar-refractivity contribution in [2.75, 3.05) is 18.9 Å². The number of ether oxygens (including phenoxy) is 2. The van der Waals surface area contributed by atoms with E-state index in [9.17, 15) is 10.2 Å². The molecule has 6 rings (SSSR count). The van der Waals surface area contributed by atoms with E-state index in [1.807, 2.05) is 18.2 Å². The molecule has 6 heteroatoms. The summed E-state index contributed by atoms with van der Waals surface area (Å²) in [6, 6.07) is 8.08. The summed E-state index contributed by atoms with van der Waals surface area (Å²) in [5.74, 6) is 0.171. The SMILES string of the molecule is CC1(C)COC2(CC[C@]3(Sc4cccc(N)c4)C4=CC[C@]5(C)[C@@H](O)CC[C@H]5[C@@H]4CC[C@@]3(O)C2)OC1. The molecule has 0 radical (unpaired) electrons. The zero-order valence-corrected chi connectivity index (χ0v) is 22.2. The van der Waals surface area contributed by atoms with E-state index in [0.717, 1.165) is 55.5 Å². The van der Waals surface area contributed by atoms with Crippen molar-refractivity contribution >= 4 is 17.4 Å². The fourth-order valence-electron chi connectivity index (χ4n) is 8.05. The summed E-state index contributed by atoms with van der Waals surface area (Å²) in [4.78, 5) is 1.10. The molecule has 1 heterocycles. The predicted molar refractivity (Wildman–Crippen MR) is 139 cm³/mol. The van der Waals surface area contributed by atoms with Gasteiger partial charge in [-0.25, -0.2) is 0 Å². The van der Waals surface area contributed by atoms with Crippen LogP contribution < -0.4 is 5.73 Å². The monoisotopic (exact) mass is 499 g/mol. The first kappa shape index (κ1) is 24.3. The van der Waals surface area contributed by atoms with Crippen LogP contribution in [0.4, 0.5) is 5.69 Å². The molecule has 0 aromatic heterocycles. The topological polar surface area (TPSA) is 84.9 Å². The molecule has 192 valence electrons. The molecule has 5 nitrogen and oxygen atoms in total. The third-order valence-corrected chi connectivity index (χ3v) is 11.8. The molecule has 5 aliphatic rings. The van der Waals surface area contributed by atoms with Gasteiger partial charge in [0, 0.05) is 34.3 Å². The lowest BCUT2D eigenvalue weighted by Crippen LogP contribution is -2.67. The second kappa shape index (κ2) is 7.97. The van der Waals surface area contributed by atoms with Crippen LogP contribution in [0.3, 0.4) is 0 Å². The number of benzene rings is 1. The third-order valence-electron chi connectivity index (χ3n) is 10.1. The number of nitrogen functional groups attached to an aromatic ring is 1. The molecular weight excluding hydrogens is 458 g/mol. The van der Waals surface area contributed by atoms with Crippen LogP contribution in [0, 0.1) is 22.7 Å². The van der Waals surface area contributed by atoms with E-state index in [1.54, 1.807) is 11.8 Å². The molecule has 4 fully saturated rings. The molecule has 1 saturated heterocycles. The van der Waals surface area contributed by atoms with E-state index in [1.165, 1.54) is 5.57 Å². The largest absolute Gasteiger partial charge is 0.399 e. The van der Waals surface area contributed by atoms with Gasteiger partial charge >= 0.3 is 0 Å². The molecule has 35 heavy (non-hydrogen) atoms. The molecule has 4 N–H and O–H groups in total. The summed E-state index contributed by atoms with van der Waals surface area (Å²) in [5.41, 5.74) is 7.34. The number of aliphatic hydroxyl groups is 2. The van der Waals surface area contributed by atoms with Gasteiger partial charge in [0.25, 0.3) is 0 Å². The van der Waals surface area contributed by atoms with Gasteiger partial charge in [0.1, 0.15) is 0 Å². The molecule has 0 bridgehead atoms. The minimum absolute atomic E-state index is 0.00393. The smallest absolute Gasteiger partial charge is 0.171 e. The molecule has 1 aromatic rings. The maximum atomic E-state index is 12.6. The van der Waals surface area contributed by atoms with Crippen LogP contribution in [0.2, 0.25) is 0 Å². The summed E-state index contributed by atoms with van der Waals surface area (Å²) in [7, 11) is 0. The average Bonchev–Trinajstić information content (AvgIpc) is 3.11. The molecule has 1 aromatic carbocycles. The number of hydrogen-bond donors (Lipinski definition) is 3. The molecule has 1 aliphatic heterocycles. The highest BCUT2D eigenvalue weighted by Crippen LogP contribution is 2.68. The highest BCUT2D eigenvalue weighted by Gasteiger charge is 2.67. The zero-order chi connectivity index (χ0) is 24.7. The third kappa shape index (κ3) is 3.65. The Balaban J connectivity index is 1.41. The van der Waals surface area contributed by atoms with Crippen molar-refractivity contribution in [3.8, 4) is 0 Å². The fraction of sp³-hybridized carbons (Fsp3) is 0.724. The Kier molecular flexibility index (Phi) is 5.53. The molecule has 6 atom stereocenters. The number of allylic oxidation sites excluding steroid dienone is 1. The van der Waals surface area contributed by atoms with Crippen LogP contribution in [-0.4, -0.2) is 45.7 Å². The summed E-state index contributed by atoms with van der Waals surface area (Å²) in [5, 5.41) is 23.5. The number of rotatable bonds is 2. The second-order valence-corrected chi connectivity index (χ2v) is 14.4. The quantitative estimate of drug-likeness (QED) is 0.378. The normalized spacial score (nSPS) is 43.7. The van der Waals surface area contributed by atoms with E-state index in [2.05, 4.69) is 32.9 Å². The lowest BCUT2D eigenvalue weighted by molar-refractivity contribution is -0.331. The van der Waals surface area contributed by atoms with Crippen molar-refractivity contribution in [3.63, 3.8) is 0 Å². The summed E-state index contributed by atoms with van der Waals surface area (Å²) < 4.78 is 12.4. The number of fused-ring (bicyclic) bond motifs is 5. The molecule has 4 aliphatic carbocycles. The summed E-state index contributed by atoms with van der Waals surface area (Å²) in [6.07, 6.45) is 8.77. The van der Waals surface area contributed by atoms with E-state index in [0.29, 0.717) is 31.5 Å². The number of nitrogens with two attached hydrogens (primary N) is 1. The summed E-state index contributed by atoms with van der Waals surface area (Å²) in [6.45, 7) is 7.93. The van der Waals surface area contributed by atoms with Gasteiger partial charge in [-0.15, -0.1) is 11.8 Å². The predicted octanol–water partition coefficient (Wildman–Crippen LogP) is 5.30. The van der Waals surface area contributed by atoms with E-state index >= 15 is 0 Å². The van der Waals surface area contributed by atoms with Gasteiger partial charge in [0.2, 0.25) is 0 Å². The Hall–Kier alpha value is -1.05. The second-order valence-electron chi connectivity index (χ2n) is 13.1. The van der Waals surface area contributed by atoms with Gasteiger partial charge < -0.3 is 25.4 Å². The molecule has 3 saturated carbocycles. The maximum absolute atomic E-state index is 12.6. The van der Waals surface area contributed by atoms with Gasteiger partial charge in [0.15, 0.2) is 5.79 Å². The van der Waals surface area contributed by atoms with Crippen molar-refractivity contribution < 1.29 is 19.7 Å². The number of thioether (sulfide) groups is 1. The number of anilines is 1. The van der Waals surface area contributed by atoms with Crippen LogP contribution in [-0.2, 0) is 9.47 Å². The molecule has 1 spiro atoms. The Morgan fingerprint density at radius 2 is 1.80 bits per heavy atom. The van der Waals surface area contributed by atoms with Crippen molar-refractivity contribution in [2.24, 2.45) is 22.7 Å². The van der Waals surface area contributed by atoms with Gasteiger partial charge in [-0.2, -0.15) is 0 Å². The van der Waals surface area contributed by atoms with E-state index in [-0.39, 0.29) is 16.9 Å². The van der Waals surface area contributed by atoms with E-state index < -0.39 is 16.1 Å². The van der Waals surface area contributed by atoms with Gasteiger partial charge in [-0.3, -0.25) is 0 Å². The van der Waals surface area contributed by atoms with Crippen LogP contribution >= 0.6 is 11.8 Å². The molecule has 0 unspecified atom stereocenters. The fourth-order valence-corrected chi connectivity index (χ4v) is 9.72. The number of aliphatic hydroxyl groups excluding tert-OH is 1. The van der Waals surface area contributed by atoms with Crippen LogP contribution in [0.5, 0.6) is 0 Å². The van der Waals surface area contributed by atoms with Gasteiger partial charge in [-0.05, 0) is 68.6 Å². The van der Waals surface area contributed by atoms with E-state index in [4.69, 9.17) is 15.2 Å².